The molecule has 0 radical (unpaired) electrons. The van der Waals surface area contributed by atoms with Crippen LogP contribution in [0, 0.1) is 5.92 Å². The van der Waals surface area contributed by atoms with Gasteiger partial charge in [0.1, 0.15) is 5.75 Å². The largest absolute Gasteiger partial charge is 0.490 e. The Morgan fingerprint density at radius 2 is 1.95 bits per heavy atom. The van der Waals surface area contributed by atoms with Crippen LogP contribution in [0.25, 0.3) is 0 Å². The van der Waals surface area contributed by atoms with Gasteiger partial charge in [0.15, 0.2) is 0 Å². The molecule has 4 nitrogen and oxygen atoms in total. The van der Waals surface area contributed by atoms with Crippen molar-refractivity contribution in [3.05, 3.63) is 29.8 Å². The van der Waals surface area contributed by atoms with Crippen molar-refractivity contribution in [2.45, 2.75) is 32.8 Å². The van der Waals surface area contributed by atoms with Gasteiger partial charge in [0.25, 0.3) is 5.91 Å². The summed E-state index contributed by atoms with van der Waals surface area (Å²) in [5.74, 6) is 1.30. The molecule has 1 fully saturated rings. The molecule has 1 aliphatic heterocycles. The van der Waals surface area contributed by atoms with E-state index in [4.69, 9.17) is 10.5 Å². The van der Waals surface area contributed by atoms with Crippen molar-refractivity contribution in [1.29, 1.82) is 0 Å². The molecule has 0 aliphatic carbocycles. The van der Waals surface area contributed by atoms with Crippen LogP contribution >= 0.6 is 12.4 Å². The average molecular weight is 313 g/mol. The van der Waals surface area contributed by atoms with Gasteiger partial charge in [-0.15, -0.1) is 12.4 Å². The van der Waals surface area contributed by atoms with Crippen molar-refractivity contribution >= 4 is 18.3 Å². The fourth-order valence-electron chi connectivity index (χ4n) is 2.54. The highest BCUT2D eigenvalue weighted by Gasteiger charge is 2.24. The van der Waals surface area contributed by atoms with Gasteiger partial charge in [-0.05, 0) is 51.3 Å². The second-order valence-electron chi connectivity index (χ2n) is 5.63. The number of nitrogens with two attached hydrogens (primary N) is 1. The van der Waals surface area contributed by atoms with Crippen LogP contribution in [-0.2, 0) is 0 Å². The van der Waals surface area contributed by atoms with Gasteiger partial charge < -0.3 is 15.4 Å². The number of likely N-dealkylation sites (tertiary alicyclic amines) is 1. The molecule has 2 N–H and O–H groups in total. The molecule has 5 heteroatoms. The summed E-state index contributed by atoms with van der Waals surface area (Å²) in [5.41, 5.74) is 6.35. The molecule has 1 saturated heterocycles. The van der Waals surface area contributed by atoms with Crippen LogP contribution in [0.2, 0.25) is 0 Å². The SMILES string of the molecule is CC(C)Oc1ccccc1C(=O)N1CCC(CN)CC1.Cl. The highest BCUT2D eigenvalue weighted by atomic mass is 35.5. The van der Waals surface area contributed by atoms with Crippen LogP contribution in [0.15, 0.2) is 24.3 Å². The van der Waals surface area contributed by atoms with Crippen LogP contribution in [0.1, 0.15) is 37.0 Å². The molecule has 0 aromatic heterocycles. The standard InChI is InChI=1S/C16H24N2O2.ClH/c1-12(2)20-15-6-4-3-5-14(15)16(19)18-9-7-13(11-17)8-10-18;/h3-6,12-13H,7-11,17H2,1-2H3;1H. The van der Waals surface area contributed by atoms with Crippen molar-refractivity contribution in [1.82, 2.24) is 4.90 Å². The quantitative estimate of drug-likeness (QED) is 0.930. The Morgan fingerprint density at radius 3 is 2.52 bits per heavy atom. The molecule has 1 aromatic rings. The average Bonchev–Trinajstić information content (AvgIpc) is 2.46. The lowest BCUT2D eigenvalue weighted by molar-refractivity contribution is 0.0687. The van der Waals surface area contributed by atoms with Crippen LogP contribution in [0.5, 0.6) is 5.75 Å². The summed E-state index contributed by atoms with van der Waals surface area (Å²) in [4.78, 5) is 14.5. The van der Waals surface area contributed by atoms with Crippen LogP contribution in [-0.4, -0.2) is 36.5 Å². The Bertz CT molecular complexity index is 457. The fourth-order valence-corrected chi connectivity index (χ4v) is 2.54. The molecule has 21 heavy (non-hydrogen) atoms. The summed E-state index contributed by atoms with van der Waals surface area (Å²) in [6, 6.07) is 7.48. The lowest BCUT2D eigenvalue weighted by Gasteiger charge is -2.31. The first-order valence-electron chi connectivity index (χ1n) is 7.37. The molecular formula is C16H25ClN2O2. The van der Waals surface area contributed by atoms with Gasteiger partial charge in [0.2, 0.25) is 0 Å². The molecule has 0 saturated carbocycles. The minimum absolute atomic E-state index is 0. The molecule has 0 unspecified atom stereocenters. The van der Waals surface area contributed by atoms with Crippen LogP contribution in [0.4, 0.5) is 0 Å². The van der Waals surface area contributed by atoms with Crippen molar-refractivity contribution < 1.29 is 9.53 Å². The Labute approximate surface area is 133 Å². The summed E-state index contributed by atoms with van der Waals surface area (Å²) in [7, 11) is 0. The number of benzene rings is 1. The number of piperidine rings is 1. The third-order valence-corrected chi connectivity index (χ3v) is 3.72. The summed E-state index contributed by atoms with van der Waals surface area (Å²) >= 11 is 0. The van der Waals surface area contributed by atoms with E-state index in [1.807, 2.05) is 43.0 Å². The Balaban J connectivity index is 0.00000220. The minimum atomic E-state index is 0. The summed E-state index contributed by atoms with van der Waals surface area (Å²) in [6.07, 6.45) is 2.05. The molecule has 1 aliphatic rings. The molecule has 0 bridgehead atoms. The van der Waals surface area contributed by atoms with E-state index in [-0.39, 0.29) is 24.4 Å². The number of hydrogen-bond acceptors (Lipinski definition) is 3. The summed E-state index contributed by atoms with van der Waals surface area (Å²) in [5, 5.41) is 0. The predicted molar refractivity (Wildman–Crippen MR) is 87.1 cm³/mol. The second kappa shape index (κ2) is 8.25. The first kappa shape index (κ1) is 17.8. The van der Waals surface area contributed by atoms with E-state index in [2.05, 4.69) is 0 Å². The molecular weight excluding hydrogens is 288 g/mol. The van der Waals surface area contributed by atoms with Crippen molar-refractivity contribution in [3.63, 3.8) is 0 Å². The number of halogens is 1. The zero-order chi connectivity index (χ0) is 14.5. The second-order valence-corrected chi connectivity index (χ2v) is 5.63. The number of carbonyl (C=O) groups is 1. The summed E-state index contributed by atoms with van der Waals surface area (Å²) < 4.78 is 5.73. The van der Waals surface area contributed by atoms with Gasteiger partial charge in [-0.2, -0.15) is 0 Å². The maximum Gasteiger partial charge on any atom is 0.257 e. The van der Waals surface area contributed by atoms with Gasteiger partial charge >= 0.3 is 0 Å². The lowest BCUT2D eigenvalue weighted by Crippen LogP contribution is -2.40. The number of para-hydroxylation sites is 1. The molecule has 2 rings (SSSR count). The minimum Gasteiger partial charge on any atom is -0.490 e. The lowest BCUT2D eigenvalue weighted by atomic mass is 9.96. The number of hydrogen-bond donors (Lipinski definition) is 1. The molecule has 0 atom stereocenters. The topological polar surface area (TPSA) is 55.6 Å². The summed E-state index contributed by atoms with van der Waals surface area (Å²) in [6.45, 7) is 6.23. The van der Waals surface area contributed by atoms with E-state index in [1.165, 1.54) is 0 Å². The van der Waals surface area contributed by atoms with E-state index < -0.39 is 0 Å². The van der Waals surface area contributed by atoms with Crippen molar-refractivity contribution in [3.8, 4) is 5.75 Å². The molecule has 0 spiro atoms. The number of rotatable bonds is 4. The van der Waals surface area contributed by atoms with Gasteiger partial charge in [-0.3, -0.25) is 4.79 Å². The Morgan fingerprint density at radius 1 is 1.33 bits per heavy atom. The Kier molecular flexibility index (Phi) is 6.99. The van der Waals surface area contributed by atoms with Gasteiger partial charge in [0, 0.05) is 13.1 Å². The van der Waals surface area contributed by atoms with E-state index in [9.17, 15) is 4.79 Å². The van der Waals surface area contributed by atoms with Gasteiger partial charge in [0.05, 0.1) is 11.7 Å². The number of carbonyl (C=O) groups excluding carboxylic acids is 1. The predicted octanol–water partition coefficient (Wildman–Crippen LogP) is 2.71. The van der Waals surface area contributed by atoms with E-state index >= 15 is 0 Å². The number of amides is 1. The molecule has 118 valence electrons. The van der Waals surface area contributed by atoms with Crippen LogP contribution in [0.3, 0.4) is 0 Å². The molecule has 1 heterocycles. The van der Waals surface area contributed by atoms with E-state index in [0.717, 1.165) is 32.5 Å². The molecule has 1 aromatic carbocycles. The smallest absolute Gasteiger partial charge is 0.257 e. The van der Waals surface area contributed by atoms with Crippen molar-refractivity contribution in [2.75, 3.05) is 19.6 Å². The zero-order valence-corrected chi connectivity index (χ0v) is 13.6. The van der Waals surface area contributed by atoms with Crippen LogP contribution < -0.4 is 10.5 Å². The molecule has 1 amide bonds. The Hall–Kier alpha value is -1.26. The first-order valence-corrected chi connectivity index (χ1v) is 7.37. The maximum absolute atomic E-state index is 12.6. The highest BCUT2D eigenvalue weighted by Crippen LogP contribution is 2.24. The fraction of sp³-hybridized carbons (Fsp3) is 0.562. The monoisotopic (exact) mass is 312 g/mol. The first-order chi connectivity index (χ1) is 9.61. The van der Waals surface area contributed by atoms with E-state index in [0.29, 0.717) is 17.2 Å². The third kappa shape index (κ3) is 4.61. The van der Waals surface area contributed by atoms with Gasteiger partial charge in [-0.1, -0.05) is 12.1 Å². The zero-order valence-electron chi connectivity index (χ0n) is 12.7. The normalized spacial score (nSPS) is 15.7. The van der Waals surface area contributed by atoms with E-state index in [1.54, 1.807) is 0 Å². The van der Waals surface area contributed by atoms with Gasteiger partial charge in [-0.25, -0.2) is 0 Å². The number of ether oxygens (including phenoxy) is 1. The van der Waals surface area contributed by atoms with Crippen molar-refractivity contribution in [2.24, 2.45) is 11.7 Å². The number of nitrogens with zero attached hydrogens (tertiary/aromatic N) is 1. The highest BCUT2D eigenvalue weighted by molar-refractivity contribution is 5.97. The third-order valence-electron chi connectivity index (χ3n) is 3.72. The maximum atomic E-state index is 12.6.